The lowest BCUT2D eigenvalue weighted by atomic mass is 10.0. The SMILES string of the molecule is CCC(C)(C)NCCN(C)CC1CCCO1. The molecule has 3 nitrogen and oxygen atoms in total. The molecule has 1 atom stereocenters. The van der Waals surface area contributed by atoms with Crippen LogP contribution in [-0.4, -0.2) is 49.8 Å². The number of hydrogen-bond donors (Lipinski definition) is 1. The smallest absolute Gasteiger partial charge is 0.0702 e. The monoisotopic (exact) mass is 228 g/mol. The van der Waals surface area contributed by atoms with Gasteiger partial charge in [0.2, 0.25) is 0 Å². The maximum atomic E-state index is 5.63. The molecule has 1 aliphatic heterocycles. The summed E-state index contributed by atoms with van der Waals surface area (Å²) in [5, 5.41) is 3.58. The van der Waals surface area contributed by atoms with Crippen molar-refractivity contribution in [3.05, 3.63) is 0 Å². The summed E-state index contributed by atoms with van der Waals surface area (Å²) in [7, 11) is 2.18. The van der Waals surface area contributed by atoms with E-state index in [2.05, 4.69) is 38.0 Å². The van der Waals surface area contributed by atoms with E-state index in [4.69, 9.17) is 4.74 Å². The second kappa shape index (κ2) is 6.58. The van der Waals surface area contributed by atoms with Crippen LogP contribution in [0.5, 0.6) is 0 Å². The topological polar surface area (TPSA) is 24.5 Å². The summed E-state index contributed by atoms with van der Waals surface area (Å²) < 4.78 is 5.63. The van der Waals surface area contributed by atoms with Crippen molar-refractivity contribution in [2.24, 2.45) is 0 Å². The maximum Gasteiger partial charge on any atom is 0.0702 e. The van der Waals surface area contributed by atoms with Crippen LogP contribution in [0, 0.1) is 0 Å². The zero-order valence-corrected chi connectivity index (χ0v) is 11.4. The van der Waals surface area contributed by atoms with Crippen LogP contribution in [0.25, 0.3) is 0 Å². The van der Waals surface area contributed by atoms with Crippen LogP contribution >= 0.6 is 0 Å². The van der Waals surface area contributed by atoms with Gasteiger partial charge in [-0.2, -0.15) is 0 Å². The first-order valence-corrected chi connectivity index (χ1v) is 6.58. The average Bonchev–Trinajstić information content (AvgIpc) is 2.70. The normalized spacial score (nSPS) is 21.9. The fourth-order valence-corrected chi connectivity index (χ4v) is 1.94. The minimum absolute atomic E-state index is 0.269. The lowest BCUT2D eigenvalue weighted by Gasteiger charge is -2.27. The molecule has 1 N–H and O–H groups in total. The molecule has 0 aromatic heterocycles. The summed E-state index contributed by atoms with van der Waals surface area (Å²) >= 11 is 0. The first-order valence-electron chi connectivity index (χ1n) is 6.58. The molecule has 0 aliphatic carbocycles. The van der Waals surface area contributed by atoms with Gasteiger partial charge in [0.05, 0.1) is 6.10 Å². The van der Waals surface area contributed by atoms with Gasteiger partial charge in [-0.25, -0.2) is 0 Å². The van der Waals surface area contributed by atoms with Gasteiger partial charge < -0.3 is 15.0 Å². The van der Waals surface area contributed by atoms with Crippen molar-refractivity contribution in [3.63, 3.8) is 0 Å². The molecule has 0 aromatic carbocycles. The van der Waals surface area contributed by atoms with Crippen LogP contribution in [0.1, 0.15) is 40.0 Å². The van der Waals surface area contributed by atoms with Crippen molar-refractivity contribution in [2.75, 3.05) is 33.3 Å². The van der Waals surface area contributed by atoms with Crippen LogP contribution in [0.3, 0.4) is 0 Å². The molecule has 0 amide bonds. The van der Waals surface area contributed by atoms with Crippen LogP contribution in [0.15, 0.2) is 0 Å². The minimum atomic E-state index is 0.269. The minimum Gasteiger partial charge on any atom is -0.377 e. The standard InChI is InChI=1S/C13H28N2O/c1-5-13(2,3)14-8-9-15(4)11-12-7-6-10-16-12/h12,14H,5-11H2,1-4H3. The lowest BCUT2D eigenvalue weighted by molar-refractivity contribution is 0.0809. The van der Waals surface area contributed by atoms with Crippen LogP contribution in [-0.2, 0) is 4.74 Å². The van der Waals surface area contributed by atoms with E-state index in [0.29, 0.717) is 6.10 Å². The number of rotatable bonds is 7. The molecule has 16 heavy (non-hydrogen) atoms. The van der Waals surface area contributed by atoms with Crippen LogP contribution < -0.4 is 5.32 Å². The Labute approximate surface area is 101 Å². The van der Waals surface area contributed by atoms with Crippen molar-refractivity contribution < 1.29 is 4.74 Å². The number of nitrogens with zero attached hydrogens (tertiary/aromatic N) is 1. The summed E-state index contributed by atoms with van der Waals surface area (Å²) in [5.74, 6) is 0. The molecule has 0 radical (unpaired) electrons. The Morgan fingerprint density at radius 3 is 2.75 bits per heavy atom. The van der Waals surface area contributed by atoms with E-state index >= 15 is 0 Å². The van der Waals surface area contributed by atoms with Crippen molar-refractivity contribution in [2.45, 2.75) is 51.7 Å². The Morgan fingerprint density at radius 1 is 1.44 bits per heavy atom. The summed E-state index contributed by atoms with van der Waals surface area (Å²) in [5.41, 5.74) is 0.269. The molecule has 3 heteroatoms. The summed E-state index contributed by atoms with van der Waals surface area (Å²) in [6.45, 7) is 10.9. The van der Waals surface area contributed by atoms with Crippen LogP contribution in [0.4, 0.5) is 0 Å². The number of ether oxygens (including phenoxy) is 1. The molecule has 0 spiro atoms. The van der Waals surface area contributed by atoms with Crippen molar-refractivity contribution in [3.8, 4) is 0 Å². The van der Waals surface area contributed by atoms with Gasteiger partial charge in [0.1, 0.15) is 0 Å². The number of hydrogen-bond acceptors (Lipinski definition) is 3. The predicted octanol–water partition coefficient (Wildman–Crippen LogP) is 1.88. The highest BCUT2D eigenvalue weighted by atomic mass is 16.5. The van der Waals surface area contributed by atoms with Crippen molar-refractivity contribution in [1.82, 2.24) is 10.2 Å². The zero-order valence-electron chi connectivity index (χ0n) is 11.4. The largest absolute Gasteiger partial charge is 0.377 e. The molecule has 1 rings (SSSR count). The highest BCUT2D eigenvalue weighted by Crippen LogP contribution is 2.12. The zero-order chi connectivity index (χ0) is 12.0. The second-order valence-electron chi connectivity index (χ2n) is 5.56. The summed E-state index contributed by atoms with van der Waals surface area (Å²) in [6, 6.07) is 0. The Bertz CT molecular complexity index is 188. The van der Waals surface area contributed by atoms with Gasteiger partial charge in [-0.3, -0.25) is 0 Å². The number of likely N-dealkylation sites (N-methyl/N-ethyl adjacent to an activating group) is 1. The summed E-state index contributed by atoms with van der Waals surface area (Å²) in [6.07, 6.45) is 4.12. The number of nitrogens with one attached hydrogen (secondary N) is 1. The Balaban J connectivity index is 2.07. The van der Waals surface area contributed by atoms with Crippen molar-refractivity contribution in [1.29, 1.82) is 0 Å². The third-order valence-electron chi connectivity index (χ3n) is 3.52. The molecule has 1 fully saturated rings. The van der Waals surface area contributed by atoms with Gasteiger partial charge in [0, 0.05) is 31.8 Å². The molecule has 0 aromatic rings. The molecule has 0 saturated carbocycles. The molecule has 96 valence electrons. The average molecular weight is 228 g/mol. The van der Waals surface area contributed by atoms with Gasteiger partial charge in [-0.05, 0) is 40.2 Å². The third-order valence-corrected chi connectivity index (χ3v) is 3.52. The fraction of sp³-hybridized carbons (Fsp3) is 1.00. The molecule has 1 saturated heterocycles. The first kappa shape index (κ1) is 13.9. The van der Waals surface area contributed by atoms with Gasteiger partial charge in [0.25, 0.3) is 0 Å². The Morgan fingerprint density at radius 2 is 2.19 bits per heavy atom. The highest BCUT2D eigenvalue weighted by Gasteiger charge is 2.18. The fourth-order valence-electron chi connectivity index (χ4n) is 1.94. The molecular formula is C13H28N2O. The van der Waals surface area contributed by atoms with E-state index < -0.39 is 0 Å². The van der Waals surface area contributed by atoms with E-state index in [0.717, 1.165) is 26.2 Å². The van der Waals surface area contributed by atoms with E-state index in [1.807, 2.05) is 0 Å². The van der Waals surface area contributed by atoms with Gasteiger partial charge in [-0.15, -0.1) is 0 Å². The Hall–Kier alpha value is -0.120. The van der Waals surface area contributed by atoms with Crippen molar-refractivity contribution >= 4 is 0 Å². The Kier molecular flexibility index (Phi) is 5.73. The second-order valence-corrected chi connectivity index (χ2v) is 5.56. The van der Waals surface area contributed by atoms with Gasteiger partial charge >= 0.3 is 0 Å². The third kappa shape index (κ3) is 5.28. The van der Waals surface area contributed by atoms with Gasteiger partial charge in [-0.1, -0.05) is 6.92 Å². The molecule has 1 unspecified atom stereocenters. The first-order chi connectivity index (χ1) is 7.53. The molecule has 1 heterocycles. The predicted molar refractivity (Wildman–Crippen MR) is 68.8 cm³/mol. The maximum absolute atomic E-state index is 5.63. The van der Waals surface area contributed by atoms with E-state index in [-0.39, 0.29) is 5.54 Å². The lowest BCUT2D eigenvalue weighted by Crippen LogP contribution is -2.43. The molecular weight excluding hydrogens is 200 g/mol. The van der Waals surface area contributed by atoms with E-state index in [1.54, 1.807) is 0 Å². The van der Waals surface area contributed by atoms with E-state index in [9.17, 15) is 0 Å². The van der Waals surface area contributed by atoms with E-state index in [1.165, 1.54) is 19.3 Å². The summed E-state index contributed by atoms with van der Waals surface area (Å²) in [4.78, 5) is 2.37. The molecule has 1 aliphatic rings. The van der Waals surface area contributed by atoms with Crippen LogP contribution in [0.2, 0.25) is 0 Å². The quantitative estimate of drug-likeness (QED) is 0.720. The highest BCUT2D eigenvalue weighted by molar-refractivity contribution is 4.76. The molecule has 0 bridgehead atoms. The van der Waals surface area contributed by atoms with Gasteiger partial charge in [0.15, 0.2) is 0 Å².